The molecule has 2 unspecified atom stereocenters. The Hall–Kier alpha value is -0.410. The number of rotatable bonds is 5. The number of hydrogen-bond donors (Lipinski definition) is 1. The van der Waals surface area contributed by atoms with E-state index >= 15 is 0 Å². The van der Waals surface area contributed by atoms with E-state index < -0.39 is 0 Å². The summed E-state index contributed by atoms with van der Waals surface area (Å²) in [4.78, 5) is 6.65. The van der Waals surface area contributed by atoms with Crippen LogP contribution in [0.4, 0.5) is 0 Å². The smallest absolute Gasteiger partial charge is 0.113 e. The molecule has 3 heteroatoms. The van der Waals surface area contributed by atoms with E-state index in [0.717, 1.165) is 12.5 Å². The molecule has 0 saturated heterocycles. The van der Waals surface area contributed by atoms with Gasteiger partial charge in [0, 0.05) is 4.88 Å². The van der Waals surface area contributed by atoms with Gasteiger partial charge in [-0.3, -0.25) is 0 Å². The molecule has 21 heavy (non-hydrogen) atoms. The molecule has 1 aromatic heterocycles. The molecular formula is C18H30N2S. The normalized spacial score (nSPS) is 29.3. The highest BCUT2D eigenvalue weighted by atomic mass is 32.1. The van der Waals surface area contributed by atoms with Crippen molar-refractivity contribution in [1.82, 2.24) is 10.3 Å². The van der Waals surface area contributed by atoms with E-state index in [0.29, 0.717) is 0 Å². The van der Waals surface area contributed by atoms with Crippen molar-refractivity contribution in [3.05, 3.63) is 15.6 Å². The van der Waals surface area contributed by atoms with E-state index in [9.17, 15) is 0 Å². The Kier molecular flexibility index (Phi) is 5.00. The number of thiazole rings is 1. The topological polar surface area (TPSA) is 24.9 Å². The van der Waals surface area contributed by atoms with Crippen LogP contribution in [0.3, 0.4) is 0 Å². The Morgan fingerprint density at radius 1 is 1.19 bits per heavy atom. The molecule has 1 aromatic rings. The minimum Gasteiger partial charge on any atom is -0.306 e. The average Bonchev–Trinajstić information content (AvgIpc) is 3.00. The van der Waals surface area contributed by atoms with Gasteiger partial charge in [0.25, 0.3) is 0 Å². The summed E-state index contributed by atoms with van der Waals surface area (Å²) in [6.07, 6.45) is 13.3. The molecule has 0 radical (unpaired) electrons. The third-order valence-corrected chi connectivity index (χ3v) is 6.77. The van der Waals surface area contributed by atoms with E-state index in [1.807, 2.05) is 11.3 Å². The van der Waals surface area contributed by atoms with E-state index in [1.54, 1.807) is 4.88 Å². The monoisotopic (exact) mass is 306 g/mol. The van der Waals surface area contributed by atoms with Gasteiger partial charge in [0.1, 0.15) is 5.01 Å². The number of aryl methyl sites for hydroxylation is 2. The number of aromatic nitrogens is 1. The Morgan fingerprint density at radius 3 is 2.86 bits per heavy atom. The van der Waals surface area contributed by atoms with Crippen LogP contribution in [-0.4, -0.2) is 11.5 Å². The van der Waals surface area contributed by atoms with Crippen molar-refractivity contribution in [1.29, 1.82) is 0 Å². The molecule has 1 heterocycles. The van der Waals surface area contributed by atoms with Crippen LogP contribution in [0.25, 0.3) is 0 Å². The van der Waals surface area contributed by atoms with E-state index in [-0.39, 0.29) is 5.54 Å². The van der Waals surface area contributed by atoms with Crippen LogP contribution in [0.1, 0.15) is 80.8 Å². The maximum Gasteiger partial charge on any atom is 0.113 e. The molecule has 0 spiro atoms. The maximum atomic E-state index is 5.07. The zero-order valence-corrected chi connectivity index (χ0v) is 14.5. The lowest BCUT2D eigenvalue weighted by molar-refractivity contribution is 0.289. The second-order valence-electron chi connectivity index (χ2n) is 6.94. The second-order valence-corrected chi connectivity index (χ2v) is 8.02. The first-order valence-electron chi connectivity index (χ1n) is 9.01. The van der Waals surface area contributed by atoms with Crippen LogP contribution in [0, 0.1) is 5.92 Å². The number of hydrogen-bond acceptors (Lipinski definition) is 3. The highest BCUT2D eigenvalue weighted by Crippen LogP contribution is 2.42. The second kappa shape index (κ2) is 6.78. The molecule has 118 valence electrons. The van der Waals surface area contributed by atoms with E-state index in [4.69, 9.17) is 4.98 Å². The van der Waals surface area contributed by atoms with Gasteiger partial charge in [-0.05, 0) is 51.0 Å². The fraction of sp³-hybridized carbons (Fsp3) is 0.833. The summed E-state index contributed by atoms with van der Waals surface area (Å²) >= 11 is 2.02. The minimum atomic E-state index is 0.187. The molecule has 2 atom stereocenters. The predicted octanol–water partition coefficient (Wildman–Crippen LogP) is 4.82. The highest BCUT2D eigenvalue weighted by molar-refractivity contribution is 7.12. The molecular weight excluding hydrogens is 276 g/mol. The first kappa shape index (κ1) is 15.5. The van der Waals surface area contributed by atoms with Crippen molar-refractivity contribution in [3.63, 3.8) is 0 Å². The zero-order chi connectivity index (χ0) is 14.7. The van der Waals surface area contributed by atoms with Gasteiger partial charge in [-0.1, -0.05) is 39.5 Å². The summed E-state index contributed by atoms with van der Waals surface area (Å²) in [6.45, 7) is 5.63. The largest absolute Gasteiger partial charge is 0.306 e. The Labute approximate surface area is 133 Å². The third kappa shape index (κ3) is 3.19. The summed E-state index contributed by atoms with van der Waals surface area (Å²) in [5.74, 6) is 0.947. The molecule has 1 saturated carbocycles. The first-order valence-corrected chi connectivity index (χ1v) is 9.83. The van der Waals surface area contributed by atoms with Gasteiger partial charge < -0.3 is 5.32 Å². The van der Waals surface area contributed by atoms with Crippen molar-refractivity contribution in [2.75, 3.05) is 6.54 Å². The fourth-order valence-corrected chi connectivity index (χ4v) is 5.68. The zero-order valence-electron chi connectivity index (χ0n) is 13.7. The van der Waals surface area contributed by atoms with Crippen LogP contribution in [0.2, 0.25) is 0 Å². The van der Waals surface area contributed by atoms with Crippen LogP contribution >= 0.6 is 11.3 Å². The first-order chi connectivity index (χ1) is 10.3. The van der Waals surface area contributed by atoms with Gasteiger partial charge in [0.05, 0.1) is 11.2 Å². The lowest BCUT2D eigenvalue weighted by atomic mass is 9.89. The molecule has 0 bridgehead atoms. The number of nitrogens with zero attached hydrogens (tertiary/aromatic N) is 1. The van der Waals surface area contributed by atoms with Crippen molar-refractivity contribution in [2.24, 2.45) is 5.92 Å². The van der Waals surface area contributed by atoms with Crippen molar-refractivity contribution >= 4 is 11.3 Å². The molecule has 0 aliphatic heterocycles. The molecule has 2 nitrogen and oxygen atoms in total. The summed E-state index contributed by atoms with van der Waals surface area (Å²) in [5, 5.41) is 5.26. The SMILES string of the molecule is CCCC1CCCC(NCC)(c2nc3c(s2)CCC3)CC1. The average molecular weight is 307 g/mol. The highest BCUT2D eigenvalue weighted by Gasteiger charge is 2.37. The van der Waals surface area contributed by atoms with Gasteiger partial charge in [-0.25, -0.2) is 4.98 Å². The quantitative estimate of drug-likeness (QED) is 0.789. The summed E-state index contributed by atoms with van der Waals surface area (Å²) in [5.41, 5.74) is 1.60. The molecule has 1 fully saturated rings. The maximum absolute atomic E-state index is 5.07. The van der Waals surface area contributed by atoms with Crippen LogP contribution in [-0.2, 0) is 18.4 Å². The molecule has 0 aromatic carbocycles. The van der Waals surface area contributed by atoms with Crippen LogP contribution < -0.4 is 5.32 Å². The van der Waals surface area contributed by atoms with Gasteiger partial charge in [-0.15, -0.1) is 11.3 Å². The minimum absolute atomic E-state index is 0.187. The number of fused-ring (bicyclic) bond motifs is 1. The van der Waals surface area contributed by atoms with Crippen LogP contribution in [0.15, 0.2) is 0 Å². The van der Waals surface area contributed by atoms with E-state index in [2.05, 4.69) is 19.2 Å². The molecule has 0 amide bonds. The van der Waals surface area contributed by atoms with Gasteiger partial charge in [0.15, 0.2) is 0 Å². The number of nitrogens with one attached hydrogen (secondary N) is 1. The van der Waals surface area contributed by atoms with Gasteiger partial charge >= 0.3 is 0 Å². The van der Waals surface area contributed by atoms with E-state index in [1.165, 1.54) is 74.9 Å². The molecule has 1 N–H and O–H groups in total. The lowest BCUT2D eigenvalue weighted by Gasteiger charge is -2.32. The van der Waals surface area contributed by atoms with Crippen molar-refractivity contribution < 1.29 is 0 Å². The van der Waals surface area contributed by atoms with Crippen molar-refractivity contribution in [2.45, 2.75) is 83.6 Å². The summed E-state index contributed by atoms with van der Waals surface area (Å²) in [7, 11) is 0. The molecule has 2 aliphatic carbocycles. The Morgan fingerprint density at radius 2 is 2.10 bits per heavy atom. The molecule has 2 aliphatic rings. The van der Waals surface area contributed by atoms with Crippen LogP contribution in [0.5, 0.6) is 0 Å². The lowest BCUT2D eigenvalue weighted by Crippen LogP contribution is -2.42. The Bertz CT molecular complexity index is 446. The van der Waals surface area contributed by atoms with Gasteiger partial charge in [0.2, 0.25) is 0 Å². The summed E-state index contributed by atoms with van der Waals surface area (Å²) < 4.78 is 0. The van der Waals surface area contributed by atoms with Gasteiger partial charge in [-0.2, -0.15) is 0 Å². The van der Waals surface area contributed by atoms with Crippen molar-refractivity contribution in [3.8, 4) is 0 Å². The molecule has 3 rings (SSSR count). The Balaban J connectivity index is 1.81. The standard InChI is InChI=1S/C18H30N2S/c1-3-7-14-8-6-12-18(13-11-14,19-4-2)17-20-15-9-5-10-16(15)21-17/h14,19H,3-13H2,1-2H3. The predicted molar refractivity (Wildman–Crippen MR) is 91.0 cm³/mol. The third-order valence-electron chi connectivity index (χ3n) is 5.41. The fourth-order valence-electron chi connectivity index (χ4n) is 4.31. The summed E-state index contributed by atoms with van der Waals surface area (Å²) in [6, 6.07) is 0.